The minimum Gasteiger partial charge on any atom is -0.381 e. The van der Waals surface area contributed by atoms with Gasteiger partial charge in [0, 0.05) is 12.0 Å². The van der Waals surface area contributed by atoms with Crippen LogP contribution in [0.3, 0.4) is 0 Å². The summed E-state index contributed by atoms with van der Waals surface area (Å²) in [4.78, 5) is 8.71. The fourth-order valence-corrected chi connectivity index (χ4v) is 3.00. The van der Waals surface area contributed by atoms with Gasteiger partial charge >= 0.3 is 0 Å². The summed E-state index contributed by atoms with van der Waals surface area (Å²) in [6, 6.07) is 11.3. The molecule has 0 amide bonds. The molecular formula is C20H17F2N5. The van der Waals surface area contributed by atoms with E-state index >= 15 is 0 Å². The Hall–Kier alpha value is -3.35. The third-order valence-electron chi connectivity index (χ3n) is 4.44. The average Bonchev–Trinajstić information content (AvgIpc) is 3.07. The summed E-state index contributed by atoms with van der Waals surface area (Å²) in [5.74, 6) is -0.440. The van der Waals surface area contributed by atoms with Gasteiger partial charge in [0.15, 0.2) is 17.3 Å². The number of rotatable bonds is 3. The second-order valence-corrected chi connectivity index (χ2v) is 6.48. The fraction of sp³-hybridized carbons (Fsp3) is 0.150. The summed E-state index contributed by atoms with van der Waals surface area (Å²) in [5.41, 5.74) is 9.48. The number of hydrogen-bond acceptors (Lipinski definition) is 4. The molecule has 2 aromatic heterocycles. The van der Waals surface area contributed by atoms with E-state index in [1.165, 1.54) is 10.1 Å². The number of nitrogens with two attached hydrogens (primary N) is 1. The number of benzene rings is 2. The van der Waals surface area contributed by atoms with Crippen LogP contribution in [0, 0.1) is 25.5 Å². The van der Waals surface area contributed by atoms with Crippen molar-refractivity contribution in [3.63, 3.8) is 0 Å². The molecule has 2 N–H and O–H groups in total. The molecule has 0 saturated heterocycles. The van der Waals surface area contributed by atoms with Crippen molar-refractivity contribution in [3.8, 4) is 11.3 Å². The lowest BCUT2D eigenvalue weighted by Crippen LogP contribution is -2.05. The van der Waals surface area contributed by atoms with E-state index in [0.717, 1.165) is 23.8 Å². The molecule has 27 heavy (non-hydrogen) atoms. The zero-order valence-electron chi connectivity index (χ0n) is 14.9. The van der Waals surface area contributed by atoms with E-state index < -0.39 is 11.6 Å². The lowest BCUT2D eigenvalue weighted by atomic mass is 10.1. The number of nitrogens with zero attached hydrogens (tertiary/aromatic N) is 4. The Labute approximate surface area is 154 Å². The van der Waals surface area contributed by atoms with E-state index in [-0.39, 0.29) is 17.1 Å². The van der Waals surface area contributed by atoms with Crippen molar-refractivity contribution in [2.24, 2.45) is 0 Å². The topological polar surface area (TPSA) is 69.1 Å². The van der Waals surface area contributed by atoms with Crippen LogP contribution in [0.5, 0.6) is 0 Å². The standard InChI is InChI=1S/C20H17F2N5/c1-11-3-5-13(6-4-11)9-17-24-20-19(23)25-18(12(2)27(20)26-17)15-10-14(21)7-8-16(15)22/h3-8,10H,9H2,1-2H3,(H2,23,25). The summed E-state index contributed by atoms with van der Waals surface area (Å²) >= 11 is 0. The molecule has 0 saturated carbocycles. The Bertz CT molecular complexity index is 1150. The van der Waals surface area contributed by atoms with Gasteiger partial charge in [-0.1, -0.05) is 29.8 Å². The molecular weight excluding hydrogens is 348 g/mol. The van der Waals surface area contributed by atoms with Gasteiger partial charge in [-0.2, -0.15) is 5.10 Å². The summed E-state index contributed by atoms with van der Waals surface area (Å²) in [6.45, 7) is 3.75. The average molecular weight is 365 g/mol. The van der Waals surface area contributed by atoms with Crippen molar-refractivity contribution in [1.29, 1.82) is 0 Å². The highest BCUT2D eigenvalue weighted by Gasteiger charge is 2.18. The third-order valence-corrected chi connectivity index (χ3v) is 4.44. The van der Waals surface area contributed by atoms with E-state index in [4.69, 9.17) is 5.73 Å². The van der Waals surface area contributed by atoms with Crippen LogP contribution in [0.15, 0.2) is 42.5 Å². The molecule has 136 valence electrons. The molecule has 5 nitrogen and oxygen atoms in total. The number of hydrogen-bond donors (Lipinski definition) is 1. The second-order valence-electron chi connectivity index (χ2n) is 6.48. The number of nitrogen functional groups attached to an aromatic ring is 1. The van der Waals surface area contributed by atoms with Gasteiger partial charge in [0.05, 0.1) is 11.4 Å². The van der Waals surface area contributed by atoms with E-state index in [0.29, 0.717) is 23.6 Å². The molecule has 4 rings (SSSR count). The van der Waals surface area contributed by atoms with Crippen LogP contribution in [0.1, 0.15) is 22.6 Å². The molecule has 0 spiro atoms. The molecule has 4 aromatic rings. The van der Waals surface area contributed by atoms with Gasteiger partial charge in [0.2, 0.25) is 0 Å². The monoisotopic (exact) mass is 365 g/mol. The molecule has 0 atom stereocenters. The van der Waals surface area contributed by atoms with Crippen molar-refractivity contribution in [2.45, 2.75) is 20.3 Å². The second kappa shape index (κ2) is 6.42. The third kappa shape index (κ3) is 3.12. The van der Waals surface area contributed by atoms with Crippen molar-refractivity contribution < 1.29 is 8.78 Å². The Morgan fingerprint density at radius 3 is 2.48 bits per heavy atom. The maximum Gasteiger partial charge on any atom is 0.198 e. The van der Waals surface area contributed by atoms with Crippen LogP contribution in [-0.4, -0.2) is 19.6 Å². The SMILES string of the molecule is Cc1ccc(Cc2nc3c(N)nc(-c4cc(F)ccc4F)c(C)n3n2)cc1. The van der Waals surface area contributed by atoms with Gasteiger partial charge < -0.3 is 5.73 Å². The van der Waals surface area contributed by atoms with Crippen molar-refractivity contribution in [3.05, 3.63) is 76.7 Å². The number of anilines is 1. The Morgan fingerprint density at radius 2 is 1.74 bits per heavy atom. The number of fused-ring (bicyclic) bond motifs is 1. The normalized spacial score (nSPS) is 11.3. The van der Waals surface area contributed by atoms with Crippen LogP contribution in [0.25, 0.3) is 16.9 Å². The number of aromatic nitrogens is 4. The van der Waals surface area contributed by atoms with Gasteiger partial charge in [-0.05, 0) is 37.6 Å². The Balaban J connectivity index is 1.82. The zero-order chi connectivity index (χ0) is 19.1. The first-order valence-electron chi connectivity index (χ1n) is 8.45. The molecule has 0 aliphatic carbocycles. The highest BCUT2D eigenvalue weighted by molar-refractivity contribution is 5.70. The van der Waals surface area contributed by atoms with Crippen molar-refractivity contribution in [2.75, 3.05) is 5.73 Å². The molecule has 2 aromatic carbocycles. The van der Waals surface area contributed by atoms with Crippen molar-refractivity contribution in [1.82, 2.24) is 19.6 Å². The smallest absolute Gasteiger partial charge is 0.198 e. The van der Waals surface area contributed by atoms with Crippen molar-refractivity contribution >= 4 is 11.5 Å². The van der Waals surface area contributed by atoms with E-state index in [2.05, 4.69) is 15.1 Å². The number of aryl methyl sites for hydroxylation is 2. The Morgan fingerprint density at radius 1 is 1.00 bits per heavy atom. The van der Waals surface area contributed by atoms with Crippen LogP contribution in [-0.2, 0) is 6.42 Å². The maximum atomic E-state index is 14.2. The maximum absolute atomic E-state index is 14.2. The minimum absolute atomic E-state index is 0.0386. The lowest BCUT2D eigenvalue weighted by molar-refractivity contribution is 0.602. The van der Waals surface area contributed by atoms with Gasteiger partial charge in [0.25, 0.3) is 0 Å². The summed E-state index contributed by atoms with van der Waals surface area (Å²) in [5, 5.41) is 4.50. The van der Waals surface area contributed by atoms with Gasteiger partial charge in [0.1, 0.15) is 11.6 Å². The zero-order valence-corrected chi connectivity index (χ0v) is 14.9. The van der Waals surface area contributed by atoms with Gasteiger partial charge in [-0.25, -0.2) is 23.3 Å². The molecule has 7 heteroatoms. The largest absolute Gasteiger partial charge is 0.381 e. The molecule has 0 aliphatic heterocycles. The van der Waals surface area contributed by atoms with Gasteiger partial charge in [-0.3, -0.25) is 0 Å². The van der Waals surface area contributed by atoms with E-state index in [1.807, 2.05) is 31.2 Å². The molecule has 0 fully saturated rings. The predicted molar refractivity (Wildman–Crippen MR) is 99.3 cm³/mol. The number of halogens is 2. The molecule has 0 aliphatic rings. The minimum atomic E-state index is -0.578. The van der Waals surface area contributed by atoms with Crippen LogP contribution in [0.2, 0.25) is 0 Å². The first-order chi connectivity index (χ1) is 12.9. The fourth-order valence-electron chi connectivity index (χ4n) is 3.00. The summed E-state index contributed by atoms with van der Waals surface area (Å²) in [7, 11) is 0. The Kier molecular flexibility index (Phi) is 4.07. The van der Waals surface area contributed by atoms with Crippen LogP contribution in [0.4, 0.5) is 14.6 Å². The summed E-state index contributed by atoms with van der Waals surface area (Å²) < 4.78 is 29.3. The molecule has 0 unspecified atom stereocenters. The van der Waals surface area contributed by atoms with Crippen LogP contribution >= 0.6 is 0 Å². The molecule has 0 bridgehead atoms. The first kappa shape index (κ1) is 17.1. The lowest BCUT2D eigenvalue weighted by Gasteiger charge is -2.09. The first-order valence-corrected chi connectivity index (χ1v) is 8.45. The van der Waals surface area contributed by atoms with Gasteiger partial charge in [-0.15, -0.1) is 0 Å². The summed E-state index contributed by atoms with van der Waals surface area (Å²) in [6.07, 6.45) is 0.532. The van der Waals surface area contributed by atoms with E-state index in [9.17, 15) is 8.78 Å². The predicted octanol–water partition coefficient (Wildman–Crippen LogP) is 3.86. The molecule has 2 heterocycles. The van der Waals surface area contributed by atoms with Crippen LogP contribution < -0.4 is 5.73 Å². The highest BCUT2D eigenvalue weighted by atomic mass is 19.1. The molecule has 0 radical (unpaired) electrons. The quantitative estimate of drug-likeness (QED) is 0.599. The van der Waals surface area contributed by atoms with E-state index in [1.54, 1.807) is 6.92 Å². The highest BCUT2D eigenvalue weighted by Crippen LogP contribution is 2.27.